The van der Waals surface area contributed by atoms with E-state index < -0.39 is 0 Å². The van der Waals surface area contributed by atoms with Gasteiger partial charge < -0.3 is 11.6 Å². The number of aromatic nitrogens is 3. The molecule has 5 heteroatoms. The van der Waals surface area contributed by atoms with Crippen molar-refractivity contribution in [1.82, 2.24) is 14.9 Å². The van der Waals surface area contributed by atoms with Crippen molar-refractivity contribution in [3.05, 3.63) is 5.82 Å². The van der Waals surface area contributed by atoms with Gasteiger partial charge in [0, 0.05) is 6.42 Å². The molecule has 2 rings (SSSR count). The van der Waals surface area contributed by atoms with Gasteiger partial charge in [0.25, 0.3) is 0 Å². The Labute approximate surface area is 83.5 Å². The van der Waals surface area contributed by atoms with Crippen LogP contribution in [0.5, 0.6) is 0 Å². The summed E-state index contributed by atoms with van der Waals surface area (Å²) in [5, 5.41) is 7.72. The van der Waals surface area contributed by atoms with E-state index in [-0.39, 0.29) is 0 Å². The van der Waals surface area contributed by atoms with E-state index in [1.807, 2.05) is 0 Å². The summed E-state index contributed by atoms with van der Waals surface area (Å²) in [6.07, 6.45) is 7.52. The molecule has 0 spiro atoms. The van der Waals surface area contributed by atoms with E-state index in [0.29, 0.717) is 5.95 Å². The lowest BCUT2D eigenvalue weighted by Gasteiger charge is -2.20. The maximum absolute atomic E-state index is 5.69. The number of hydrogen-bond acceptors (Lipinski definition) is 4. The molecule has 0 aromatic carbocycles. The molecule has 1 fully saturated rings. The molecule has 0 bridgehead atoms. The van der Waals surface area contributed by atoms with Crippen LogP contribution in [0.4, 0.5) is 5.95 Å². The van der Waals surface area contributed by atoms with Crippen LogP contribution in [0.1, 0.15) is 37.9 Å². The van der Waals surface area contributed by atoms with Crippen LogP contribution < -0.4 is 11.6 Å². The van der Waals surface area contributed by atoms with Crippen LogP contribution in [-0.2, 0) is 6.42 Å². The van der Waals surface area contributed by atoms with Gasteiger partial charge >= 0.3 is 0 Å². The van der Waals surface area contributed by atoms with Crippen molar-refractivity contribution in [1.29, 1.82) is 0 Å². The van der Waals surface area contributed by atoms with Crippen molar-refractivity contribution in [2.45, 2.75) is 38.5 Å². The second-order valence-electron chi connectivity index (χ2n) is 4.05. The van der Waals surface area contributed by atoms with Crippen molar-refractivity contribution in [3.8, 4) is 0 Å². The van der Waals surface area contributed by atoms with Crippen molar-refractivity contribution < 1.29 is 0 Å². The normalized spacial score (nSPS) is 18.6. The predicted octanol–water partition coefficient (Wildman–Crippen LogP) is 0.697. The van der Waals surface area contributed by atoms with Crippen molar-refractivity contribution in [2.75, 3.05) is 11.6 Å². The Balaban J connectivity index is 1.99. The van der Waals surface area contributed by atoms with Gasteiger partial charge in [-0.25, -0.2) is 4.68 Å². The average Bonchev–Trinajstić information content (AvgIpc) is 2.52. The van der Waals surface area contributed by atoms with Crippen LogP contribution in [0.2, 0.25) is 0 Å². The fourth-order valence-electron chi connectivity index (χ4n) is 2.13. The minimum atomic E-state index is 0.302. The third-order valence-corrected chi connectivity index (χ3v) is 2.99. The second-order valence-corrected chi connectivity index (χ2v) is 4.05. The first-order valence-corrected chi connectivity index (χ1v) is 5.22. The number of anilines is 1. The summed E-state index contributed by atoms with van der Waals surface area (Å²) in [6, 6.07) is 0. The Morgan fingerprint density at radius 1 is 1.21 bits per heavy atom. The summed E-state index contributed by atoms with van der Waals surface area (Å²) in [6.45, 7) is 0. The van der Waals surface area contributed by atoms with E-state index in [0.717, 1.165) is 18.2 Å². The molecule has 1 aliphatic rings. The zero-order valence-electron chi connectivity index (χ0n) is 8.32. The van der Waals surface area contributed by atoms with Crippen LogP contribution in [0.3, 0.4) is 0 Å². The summed E-state index contributed by atoms with van der Waals surface area (Å²) in [5.74, 6) is 7.52. The molecule has 4 N–H and O–H groups in total. The van der Waals surface area contributed by atoms with Crippen LogP contribution in [0.25, 0.3) is 0 Å². The fourth-order valence-corrected chi connectivity index (χ4v) is 2.13. The van der Waals surface area contributed by atoms with Crippen LogP contribution >= 0.6 is 0 Å². The van der Waals surface area contributed by atoms with Gasteiger partial charge in [0.05, 0.1) is 0 Å². The van der Waals surface area contributed by atoms with Gasteiger partial charge in [-0.15, -0.1) is 10.2 Å². The number of nitrogen functional groups attached to an aromatic ring is 2. The molecule has 0 aliphatic heterocycles. The molecule has 1 aromatic rings. The Hall–Kier alpha value is -1.26. The summed E-state index contributed by atoms with van der Waals surface area (Å²) >= 11 is 0. The third kappa shape index (κ3) is 1.81. The smallest absolute Gasteiger partial charge is 0.240 e. The minimum Gasteiger partial charge on any atom is -0.366 e. The molecule has 1 heterocycles. The minimum absolute atomic E-state index is 0.302. The molecule has 1 saturated carbocycles. The molecule has 1 aliphatic carbocycles. The van der Waals surface area contributed by atoms with Crippen molar-refractivity contribution >= 4 is 5.95 Å². The Kier molecular flexibility index (Phi) is 2.56. The molecule has 5 nitrogen and oxygen atoms in total. The molecule has 0 amide bonds. The second kappa shape index (κ2) is 3.86. The maximum atomic E-state index is 5.69. The highest BCUT2D eigenvalue weighted by molar-refractivity contribution is 5.17. The van der Waals surface area contributed by atoms with Crippen molar-refractivity contribution in [3.63, 3.8) is 0 Å². The zero-order chi connectivity index (χ0) is 9.97. The van der Waals surface area contributed by atoms with Gasteiger partial charge in [0.1, 0.15) is 0 Å². The topological polar surface area (TPSA) is 82.8 Å². The van der Waals surface area contributed by atoms with E-state index in [1.54, 1.807) is 0 Å². The molecule has 0 radical (unpaired) electrons. The van der Waals surface area contributed by atoms with Gasteiger partial charge in [0.2, 0.25) is 5.95 Å². The molecule has 0 atom stereocenters. The molecule has 1 aromatic heterocycles. The Morgan fingerprint density at radius 3 is 2.50 bits per heavy atom. The number of rotatable bonds is 2. The zero-order valence-corrected chi connectivity index (χ0v) is 8.32. The number of hydrogen-bond donors (Lipinski definition) is 2. The number of nitrogens with two attached hydrogens (primary N) is 2. The number of nitrogens with zero attached hydrogens (tertiary/aromatic N) is 3. The first-order chi connectivity index (χ1) is 6.77. The quantitative estimate of drug-likeness (QED) is 0.680. The van der Waals surface area contributed by atoms with Crippen LogP contribution in [-0.4, -0.2) is 14.9 Å². The lowest BCUT2D eigenvalue weighted by molar-refractivity contribution is 0.349. The van der Waals surface area contributed by atoms with E-state index in [4.69, 9.17) is 11.6 Å². The van der Waals surface area contributed by atoms with Crippen LogP contribution in [0.15, 0.2) is 0 Å². The van der Waals surface area contributed by atoms with Crippen molar-refractivity contribution in [2.24, 2.45) is 5.92 Å². The molecule has 14 heavy (non-hydrogen) atoms. The molecule has 0 saturated heterocycles. The largest absolute Gasteiger partial charge is 0.366 e. The van der Waals surface area contributed by atoms with E-state index in [2.05, 4.69) is 10.2 Å². The molecule has 78 valence electrons. The van der Waals surface area contributed by atoms with E-state index >= 15 is 0 Å². The van der Waals surface area contributed by atoms with Gasteiger partial charge in [-0.1, -0.05) is 32.1 Å². The monoisotopic (exact) mass is 195 g/mol. The maximum Gasteiger partial charge on any atom is 0.240 e. The molecular weight excluding hydrogens is 178 g/mol. The predicted molar refractivity (Wildman–Crippen MR) is 54.9 cm³/mol. The van der Waals surface area contributed by atoms with E-state index in [1.165, 1.54) is 36.8 Å². The molecule has 0 unspecified atom stereocenters. The average molecular weight is 195 g/mol. The standard InChI is InChI=1S/C9H17N5/c10-9-13-12-8(14(9)11)6-7-4-2-1-3-5-7/h7H,1-6,11H2,(H2,10,13). The van der Waals surface area contributed by atoms with Gasteiger partial charge in [0.15, 0.2) is 5.82 Å². The van der Waals surface area contributed by atoms with Crippen LogP contribution in [0, 0.1) is 5.92 Å². The van der Waals surface area contributed by atoms with E-state index in [9.17, 15) is 0 Å². The van der Waals surface area contributed by atoms with Gasteiger partial charge in [-0.05, 0) is 5.92 Å². The Bertz CT molecular complexity index is 300. The van der Waals surface area contributed by atoms with Gasteiger partial charge in [-0.2, -0.15) is 0 Å². The lowest BCUT2D eigenvalue weighted by atomic mass is 9.87. The fraction of sp³-hybridized carbons (Fsp3) is 0.778. The first-order valence-electron chi connectivity index (χ1n) is 5.22. The molecular formula is C9H17N5. The summed E-state index contributed by atoms with van der Waals surface area (Å²) < 4.78 is 1.40. The SMILES string of the molecule is Nc1nnc(CC2CCCCC2)n1N. The Morgan fingerprint density at radius 2 is 1.93 bits per heavy atom. The highest BCUT2D eigenvalue weighted by atomic mass is 15.4. The lowest BCUT2D eigenvalue weighted by Crippen LogP contribution is -2.19. The highest BCUT2D eigenvalue weighted by Gasteiger charge is 2.17. The summed E-state index contributed by atoms with van der Waals surface area (Å²) in [5.41, 5.74) is 5.51. The summed E-state index contributed by atoms with van der Waals surface area (Å²) in [7, 11) is 0. The highest BCUT2D eigenvalue weighted by Crippen LogP contribution is 2.26. The first kappa shape index (κ1) is 9.30. The third-order valence-electron chi connectivity index (χ3n) is 2.99. The summed E-state index contributed by atoms with van der Waals surface area (Å²) in [4.78, 5) is 0. The van der Waals surface area contributed by atoms with Gasteiger partial charge in [-0.3, -0.25) is 0 Å².